The van der Waals surface area contributed by atoms with E-state index in [0.29, 0.717) is 0 Å². The highest BCUT2D eigenvalue weighted by Crippen LogP contribution is 2.14. The standard InChI is InChI=1S/C14H26N4/c1-4-13-9-14(18(3)16-13)11-17(2)10-12-5-7-15-8-6-12/h9,12,15H,4-8,10-11H2,1-3H3. The fourth-order valence-corrected chi connectivity index (χ4v) is 2.74. The molecule has 0 spiro atoms. The minimum Gasteiger partial charge on any atom is -0.317 e. The molecule has 2 heterocycles. The number of hydrogen-bond acceptors (Lipinski definition) is 3. The lowest BCUT2D eigenvalue weighted by molar-refractivity contribution is 0.230. The second-order valence-electron chi connectivity index (χ2n) is 5.49. The molecule has 2 rings (SSSR count). The molecule has 1 N–H and O–H groups in total. The Hall–Kier alpha value is -0.870. The average Bonchev–Trinajstić information content (AvgIpc) is 2.71. The van der Waals surface area contributed by atoms with Crippen molar-refractivity contribution in [2.75, 3.05) is 26.7 Å². The Morgan fingerprint density at radius 3 is 2.78 bits per heavy atom. The molecule has 1 aliphatic heterocycles. The summed E-state index contributed by atoms with van der Waals surface area (Å²) in [5.41, 5.74) is 2.52. The number of piperidine rings is 1. The number of nitrogens with zero attached hydrogens (tertiary/aromatic N) is 3. The third-order valence-corrected chi connectivity index (χ3v) is 3.85. The van der Waals surface area contributed by atoms with Gasteiger partial charge >= 0.3 is 0 Å². The van der Waals surface area contributed by atoms with E-state index in [-0.39, 0.29) is 0 Å². The third-order valence-electron chi connectivity index (χ3n) is 3.85. The van der Waals surface area contributed by atoms with Gasteiger partial charge < -0.3 is 10.2 Å². The molecule has 0 bridgehead atoms. The summed E-state index contributed by atoms with van der Waals surface area (Å²) in [6, 6.07) is 2.24. The topological polar surface area (TPSA) is 33.1 Å². The number of nitrogens with one attached hydrogen (secondary N) is 1. The van der Waals surface area contributed by atoms with Gasteiger partial charge in [-0.25, -0.2) is 0 Å². The van der Waals surface area contributed by atoms with Crippen LogP contribution in [0.5, 0.6) is 0 Å². The largest absolute Gasteiger partial charge is 0.317 e. The molecule has 0 saturated carbocycles. The number of aryl methyl sites for hydroxylation is 2. The predicted octanol–water partition coefficient (Wildman–Crippen LogP) is 1.41. The molecule has 18 heavy (non-hydrogen) atoms. The van der Waals surface area contributed by atoms with Gasteiger partial charge in [-0.1, -0.05) is 6.92 Å². The summed E-state index contributed by atoms with van der Waals surface area (Å²) in [5, 5.41) is 7.93. The van der Waals surface area contributed by atoms with E-state index in [1.807, 2.05) is 11.7 Å². The minimum absolute atomic E-state index is 0.857. The van der Waals surface area contributed by atoms with Gasteiger partial charge in [-0.2, -0.15) is 5.10 Å². The number of aromatic nitrogens is 2. The molecule has 4 nitrogen and oxygen atoms in total. The predicted molar refractivity (Wildman–Crippen MR) is 74.5 cm³/mol. The first kappa shape index (κ1) is 13.6. The fourth-order valence-electron chi connectivity index (χ4n) is 2.74. The lowest BCUT2D eigenvalue weighted by Gasteiger charge is -2.27. The number of rotatable bonds is 5. The molecule has 1 fully saturated rings. The first-order valence-corrected chi connectivity index (χ1v) is 7.10. The smallest absolute Gasteiger partial charge is 0.0625 e. The second-order valence-corrected chi connectivity index (χ2v) is 5.49. The molecule has 0 aromatic carbocycles. The highest BCUT2D eigenvalue weighted by molar-refractivity contribution is 5.09. The van der Waals surface area contributed by atoms with E-state index in [0.717, 1.165) is 18.9 Å². The summed E-state index contributed by atoms with van der Waals surface area (Å²) in [6.07, 6.45) is 3.65. The van der Waals surface area contributed by atoms with E-state index in [1.54, 1.807) is 0 Å². The Bertz CT molecular complexity index is 366. The highest BCUT2D eigenvalue weighted by atomic mass is 15.3. The molecule has 1 aromatic heterocycles. The third kappa shape index (κ3) is 3.56. The van der Waals surface area contributed by atoms with Crippen LogP contribution in [0, 0.1) is 5.92 Å². The maximum Gasteiger partial charge on any atom is 0.0625 e. The van der Waals surface area contributed by atoms with Crippen molar-refractivity contribution in [2.24, 2.45) is 13.0 Å². The lowest BCUT2D eigenvalue weighted by Crippen LogP contribution is -2.34. The Morgan fingerprint density at radius 2 is 2.17 bits per heavy atom. The highest BCUT2D eigenvalue weighted by Gasteiger charge is 2.16. The molecule has 0 aliphatic carbocycles. The fraction of sp³-hybridized carbons (Fsp3) is 0.786. The van der Waals surface area contributed by atoms with Crippen LogP contribution in [0.1, 0.15) is 31.2 Å². The Kier molecular flexibility index (Phi) is 4.78. The van der Waals surface area contributed by atoms with E-state index < -0.39 is 0 Å². The molecule has 1 saturated heterocycles. The molecule has 1 aromatic rings. The van der Waals surface area contributed by atoms with Crippen molar-refractivity contribution in [1.82, 2.24) is 20.0 Å². The average molecular weight is 250 g/mol. The summed E-state index contributed by atoms with van der Waals surface area (Å²) >= 11 is 0. The Morgan fingerprint density at radius 1 is 1.44 bits per heavy atom. The van der Waals surface area contributed by atoms with Crippen LogP contribution in [-0.4, -0.2) is 41.4 Å². The monoisotopic (exact) mass is 250 g/mol. The molecular formula is C14H26N4. The lowest BCUT2D eigenvalue weighted by atomic mass is 9.98. The van der Waals surface area contributed by atoms with E-state index in [4.69, 9.17) is 0 Å². The summed E-state index contributed by atoms with van der Waals surface area (Å²) < 4.78 is 2.03. The van der Waals surface area contributed by atoms with Crippen LogP contribution in [0.15, 0.2) is 6.07 Å². The van der Waals surface area contributed by atoms with Crippen molar-refractivity contribution in [3.63, 3.8) is 0 Å². The van der Waals surface area contributed by atoms with Crippen LogP contribution in [-0.2, 0) is 20.0 Å². The van der Waals surface area contributed by atoms with Crippen molar-refractivity contribution < 1.29 is 0 Å². The normalized spacial score (nSPS) is 17.6. The van der Waals surface area contributed by atoms with Crippen molar-refractivity contribution in [1.29, 1.82) is 0 Å². The Labute approximate surface area is 110 Å². The summed E-state index contributed by atoms with van der Waals surface area (Å²) in [4.78, 5) is 2.44. The van der Waals surface area contributed by atoms with Crippen molar-refractivity contribution >= 4 is 0 Å². The van der Waals surface area contributed by atoms with E-state index in [2.05, 4.69) is 35.4 Å². The van der Waals surface area contributed by atoms with E-state index >= 15 is 0 Å². The van der Waals surface area contributed by atoms with Crippen LogP contribution in [0.25, 0.3) is 0 Å². The SMILES string of the molecule is CCc1cc(CN(C)CC2CCNCC2)n(C)n1. The van der Waals surface area contributed by atoms with Gasteiger partial charge in [0.2, 0.25) is 0 Å². The molecule has 0 radical (unpaired) electrons. The minimum atomic E-state index is 0.857. The van der Waals surface area contributed by atoms with Gasteiger partial charge in [-0.05, 0) is 51.4 Å². The zero-order chi connectivity index (χ0) is 13.0. The van der Waals surface area contributed by atoms with Crippen LogP contribution in [0.3, 0.4) is 0 Å². The van der Waals surface area contributed by atoms with Gasteiger partial charge in [0.1, 0.15) is 0 Å². The zero-order valence-corrected chi connectivity index (χ0v) is 11.9. The molecule has 4 heteroatoms. The van der Waals surface area contributed by atoms with Gasteiger partial charge in [0, 0.05) is 20.1 Å². The van der Waals surface area contributed by atoms with Crippen LogP contribution < -0.4 is 5.32 Å². The van der Waals surface area contributed by atoms with Crippen molar-refractivity contribution in [2.45, 2.75) is 32.7 Å². The summed E-state index contributed by atoms with van der Waals surface area (Å²) in [5.74, 6) is 0.857. The molecule has 0 unspecified atom stereocenters. The maximum atomic E-state index is 4.51. The van der Waals surface area contributed by atoms with Gasteiger partial charge in [0.15, 0.2) is 0 Å². The summed E-state index contributed by atoms with van der Waals surface area (Å²) in [6.45, 7) is 6.74. The number of hydrogen-bond donors (Lipinski definition) is 1. The van der Waals surface area contributed by atoms with Gasteiger partial charge in [-0.3, -0.25) is 4.68 Å². The van der Waals surface area contributed by atoms with E-state index in [9.17, 15) is 0 Å². The molecule has 0 atom stereocenters. The quantitative estimate of drug-likeness (QED) is 0.858. The second kappa shape index (κ2) is 6.34. The van der Waals surface area contributed by atoms with Gasteiger partial charge in [0.05, 0.1) is 11.4 Å². The molecule has 1 aliphatic rings. The molecule has 0 amide bonds. The molecule has 102 valence electrons. The van der Waals surface area contributed by atoms with Crippen molar-refractivity contribution in [3.8, 4) is 0 Å². The maximum absolute atomic E-state index is 4.51. The van der Waals surface area contributed by atoms with Gasteiger partial charge in [-0.15, -0.1) is 0 Å². The van der Waals surface area contributed by atoms with Crippen molar-refractivity contribution in [3.05, 3.63) is 17.5 Å². The van der Waals surface area contributed by atoms with E-state index in [1.165, 1.54) is 43.9 Å². The first-order valence-electron chi connectivity index (χ1n) is 7.10. The van der Waals surface area contributed by atoms with Crippen LogP contribution in [0.4, 0.5) is 0 Å². The first-order chi connectivity index (χ1) is 8.69. The zero-order valence-electron chi connectivity index (χ0n) is 11.9. The molecular weight excluding hydrogens is 224 g/mol. The Balaban J connectivity index is 1.85. The van der Waals surface area contributed by atoms with Crippen LogP contribution >= 0.6 is 0 Å². The van der Waals surface area contributed by atoms with Crippen LogP contribution in [0.2, 0.25) is 0 Å². The van der Waals surface area contributed by atoms with Gasteiger partial charge in [0.25, 0.3) is 0 Å². The summed E-state index contributed by atoms with van der Waals surface area (Å²) in [7, 11) is 4.27.